The molecule has 0 bridgehead atoms. The van der Waals surface area contributed by atoms with E-state index in [4.69, 9.17) is 4.74 Å². The quantitative estimate of drug-likeness (QED) is 0.645. The highest BCUT2D eigenvalue weighted by Gasteiger charge is 2.16. The van der Waals surface area contributed by atoms with E-state index >= 15 is 0 Å². The summed E-state index contributed by atoms with van der Waals surface area (Å²) in [5, 5.41) is 0. The van der Waals surface area contributed by atoms with Crippen LogP contribution in [0.25, 0.3) is 0 Å². The van der Waals surface area contributed by atoms with Crippen LogP contribution in [0.15, 0.2) is 18.2 Å². The molecule has 1 rings (SSSR count). The van der Waals surface area contributed by atoms with E-state index in [2.05, 4.69) is 18.7 Å². The molecule has 0 amide bonds. The van der Waals surface area contributed by atoms with E-state index < -0.39 is 0 Å². The number of Topliss-reactive ketones (excluding diaryl/α,β-unsaturated/α-hetero) is 1. The van der Waals surface area contributed by atoms with Crippen LogP contribution in [0, 0.1) is 6.92 Å². The van der Waals surface area contributed by atoms with Crippen molar-refractivity contribution >= 4 is 5.78 Å². The first-order valence-electron chi connectivity index (χ1n) is 7.61. The minimum Gasteiger partial charge on any atom is -0.493 e. The van der Waals surface area contributed by atoms with Gasteiger partial charge in [-0.1, -0.05) is 25.5 Å². The minimum atomic E-state index is 0.152. The molecular weight excluding hydrogens is 250 g/mol. The molecule has 0 aliphatic rings. The summed E-state index contributed by atoms with van der Waals surface area (Å²) in [5.41, 5.74) is 1.80. The van der Waals surface area contributed by atoms with Crippen LogP contribution in [0.2, 0.25) is 0 Å². The summed E-state index contributed by atoms with van der Waals surface area (Å²) >= 11 is 0. The van der Waals surface area contributed by atoms with Crippen molar-refractivity contribution in [3.8, 4) is 5.75 Å². The van der Waals surface area contributed by atoms with Gasteiger partial charge in [0, 0.05) is 0 Å². The molecule has 0 N–H and O–H groups in total. The molecule has 0 spiro atoms. The molecule has 1 aromatic rings. The monoisotopic (exact) mass is 277 g/mol. The maximum absolute atomic E-state index is 12.5. The van der Waals surface area contributed by atoms with Crippen LogP contribution in [0.5, 0.6) is 5.75 Å². The third-order valence-electron chi connectivity index (χ3n) is 3.18. The van der Waals surface area contributed by atoms with Crippen molar-refractivity contribution in [1.82, 2.24) is 4.90 Å². The third kappa shape index (κ3) is 4.97. The lowest BCUT2D eigenvalue weighted by molar-refractivity contribution is 0.0927. The fourth-order valence-corrected chi connectivity index (χ4v) is 2.33. The van der Waals surface area contributed by atoms with Crippen molar-refractivity contribution in [3.63, 3.8) is 0 Å². The van der Waals surface area contributed by atoms with Crippen LogP contribution in [-0.4, -0.2) is 36.9 Å². The molecule has 0 radical (unpaired) electrons. The van der Waals surface area contributed by atoms with Gasteiger partial charge >= 0.3 is 0 Å². The van der Waals surface area contributed by atoms with E-state index in [1.807, 2.05) is 32.0 Å². The Morgan fingerprint density at radius 2 is 1.80 bits per heavy atom. The molecule has 0 fully saturated rings. The number of rotatable bonds is 9. The lowest BCUT2D eigenvalue weighted by atomic mass is 10.1. The molecule has 0 aromatic heterocycles. The number of carbonyl (C=O) groups excluding carboxylic acids is 1. The van der Waals surface area contributed by atoms with E-state index in [0.29, 0.717) is 24.5 Å². The highest BCUT2D eigenvalue weighted by molar-refractivity contribution is 6.00. The zero-order chi connectivity index (χ0) is 15.0. The van der Waals surface area contributed by atoms with Crippen molar-refractivity contribution < 1.29 is 9.53 Å². The van der Waals surface area contributed by atoms with Crippen LogP contribution < -0.4 is 4.74 Å². The average molecular weight is 277 g/mol. The second-order valence-electron chi connectivity index (χ2n) is 5.13. The predicted molar refractivity (Wildman–Crippen MR) is 83.7 cm³/mol. The zero-order valence-corrected chi connectivity index (χ0v) is 13.2. The Hall–Kier alpha value is -1.35. The van der Waals surface area contributed by atoms with Crippen molar-refractivity contribution in [1.29, 1.82) is 0 Å². The Kier molecular flexibility index (Phi) is 7.31. The van der Waals surface area contributed by atoms with Gasteiger partial charge in [-0.3, -0.25) is 9.69 Å². The summed E-state index contributed by atoms with van der Waals surface area (Å²) in [6, 6.07) is 5.82. The molecule has 112 valence electrons. The van der Waals surface area contributed by atoms with Gasteiger partial charge in [-0.2, -0.15) is 0 Å². The number of benzene rings is 1. The van der Waals surface area contributed by atoms with Gasteiger partial charge in [-0.05, 0) is 51.9 Å². The second kappa shape index (κ2) is 8.75. The van der Waals surface area contributed by atoms with Gasteiger partial charge < -0.3 is 4.74 Å². The van der Waals surface area contributed by atoms with Crippen molar-refractivity contribution in [3.05, 3.63) is 29.3 Å². The number of carbonyl (C=O) groups is 1. The van der Waals surface area contributed by atoms with Crippen LogP contribution in [0.3, 0.4) is 0 Å². The van der Waals surface area contributed by atoms with Gasteiger partial charge in [0.1, 0.15) is 5.75 Å². The Morgan fingerprint density at radius 3 is 2.35 bits per heavy atom. The minimum absolute atomic E-state index is 0.152. The summed E-state index contributed by atoms with van der Waals surface area (Å²) in [6.07, 6.45) is 2.14. The van der Waals surface area contributed by atoms with Crippen molar-refractivity contribution in [2.45, 2.75) is 40.5 Å². The molecule has 0 heterocycles. The number of ether oxygens (including phenoxy) is 1. The van der Waals surface area contributed by atoms with Gasteiger partial charge in [0.15, 0.2) is 5.78 Å². The molecule has 0 aliphatic heterocycles. The fourth-order valence-electron chi connectivity index (χ4n) is 2.33. The number of ketones is 1. The van der Waals surface area contributed by atoms with Crippen LogP contribution in [-0.2, 0) is 0 Å². The summed E-state index contributed by atoms with van der Waals surface area (Å²) in [5.74, 6) is 0.857. The van der Waals surface area contributed by atoms with E-state index in [-0.39, 0.29) is 5.78 Å². The maximum atomic E-state index is 12.5. The highest BCUT2D eigenvalue weighted by atomic mass is 16.5. The third-order valence-corrected chi connectivity index (χ3v) is 3.18. The first kappa shape index (κ1) is 16.7. The Balaban J connectivity index is 2.86. The standard InChI is InChI=1S/C17H27NO2/c1-5-10-18(11-6-2)13-16(19)15-12-14(4)8-9-17(15)20-7-3/h8-9,12H,5-7,10-11,13H2,1-4H3. The number of hydrogen-bond donors (Lipinski definition) is 0. The largest absolute Gasteiger partial charge is 0.493 e. The molecule has 20 heavy (non-hydrogen) atoms. The smallest absolute Gasteiger partial charge is 0.180 e. The summed E-state index contributed by atoms with van der Waals surface area (Å²) in [7, 11) is 0. The molecular formula is C17H27NO2. The fraction of sp³-hybridized carbons (Fsp3) is 0.588. The van der Waals surface area contributed by atoms with Crippen LogP contribution >= 0.6 is 0 Å². The highest BCUT2D eigenvalue weighted by Crippen LogP contribution is 2.21. The van der Waals surface area contributed by atoms with Crippen molar-refractivity contribution in [2.75, 3.05) is 26.2 Å². The van der Waals surface area contributed by atoms with Gasteiger partial charge in [-0.25, -0.2) is 0 Å². The van der Waals surface area contributed by atoms with Gasteiger partial charge in [0.25, 0.3) is 0 Å². The summed E-state index contributed by atoms with van der Waals surface area (Å²) < 4.78 is 5.58. The Labute approximate surface area is 122 Å². The zero-order valence-electron chi connectivity index (χ0n) is 13.2. The Bertz CT molecular complexity index is 423. The number of hydrogen-bond acceptors (Lipinski definition) is 3. The normalized spacial score (nSPS) is 10.8. The van der Waals surface area contributed by atoms with Gasteiger partial charge in [0.2, 0.25) is 0 Å². The van der Waals surface area contributed by atoms with Crippen LogP contribution in [0.4, 0.5) is 0 Å². The molecule has 1 aromatic carbocycles. The molecule has 0 atom stereocenters. The SMILES string of the molecule is CCCN(CCC)CC(=O)c1cc(C)ccc1OCC. The van der Waals surface area contributed by atoms with Crippen LogP contribution in [0.1, 0.15) is 49.5 Å². The topological polar surface area (TPSA) is 29.5 Å². The molecule has 3 nitrogen and oxygen atoms in total. The van der Waals surface area contributed by atoms with Gasteiger partial charge in [0.05, 0.1) is 18.7 Å². The maximum Gasteiger partial charge on any atom is 0.180 e. The summed E-state index contributed by atoms with van der Waals surface area (Å²) in [6.45, 7) is 11.2. The van der Waals surface area contributed by atoms with Crippen molar-refractivity contribution in [2.24, 2.45) is 0 Å². The first-order valence-corrected chi connectivity index (χ1v) is 7.61. The predicted octanol–water partition coefficient (Wildman–Crippen LogP) is 3.70. The number of nitrogens with zero attached hydrogens (tertiary/aromatic N) is 1. The Morgan fingerprint density at radius 1 is 1.15 bits per heavy atom. The molecule has 0 saturated carbocycles. The first-order chi connectivity index (χ1) is 9.62. The molecule has 3 heteroatoms. The van der Waals surface area contributed by atoms with Gasteiger partial charge in [-0.15, -0.1) is 0 Å². The van der Waals surface area contributed by atoms with E-state index in [0.717, 1.165) is 31.5 Å². The molecule has 0 saturated heterocycles. The van der Waals surface area contributed by atoms with E-state index in [9.17, 15) is 4.79 Å². The average Bonchev–Trinajstić information content (AvgIpc) is 2.41. The molecule has 0 aliphatic carbocycles. The lowest BCUT2D eigenvalue weighted by Gasteiger charge is -2.20. The van der Waals surface area contributed by atoms with E-state index in [1.54, 1.807) is 0 Å². The lowest BCUT2D eigenvalue weighted by Crippen LogP contribution is -2.31. The number of aryl methyl sites for hydroxylation is 1. The molecule has 0 unspecified atom stereocenters. The second-order valence-corrected chi connectivity index (χ2v) is 5.13. The van der Waals surface area contributed by atoms with E-state index in [1.165, 1.54) is 0 Å². The summed E-state index contributed by atoms with van der Waals surface area (Å²) in [4.78, 5) is 14.8.